The molecule has 0 aliphatic rings. The first-order valence-electron chi connectivity index (χ1n) is 6.12. The standard InChI is InChI=1S/C13H20N2O4S/c1-9(2)10-5-6-11(19-4)12(7-10)20(17,18)15(3)8-13(14)16/h5-7,9H,8H2,1-4H3,(H2,14,16). The van der Waals surface area contributed by atoms with Crippen molar-refractivity contribution < 1.29 is 17.9 Å². The van der Waals surface area contributed by atoms with Gasteiger partial charge in [0.2, 0.25) is 15.9 Å². The van der Waals surface area contributed by atoms with Gasteiger partial charge in [0, 0.05) is 7.05 Å². The molecule has 0 saturated carbocycles. The van der Waals surface area contributed by atoms with Gasteiger partial charge in [-0.3, -0.25) is 4.79 Å². The van der Waals surface area contributed by atoms with Crippen LogP contribution >= 0.6 is 0 Å². The molecule has 0 atom stereocenters. The molecule has 0 spiro atoms. The van der Waals surface area contributed by atoms with Gasteiger partial charge in [-0.15, -0.1) is 0 Å². The number of primary amides is 1. The van der Waals surface area contributed by atoms with Crippen LogP contribution in [0.1, 0.15) is 25.3 Å². The van der Waals surface area contributed by atoms with Crippen molar-refractivity contribution in [3.05, 3.63) is 23.8 Å². The molecule has 0 aromatic heterocycles. The maximum absolute atomic E-state index is 12.5. The van der Waals surface area contributed by atoms with Crippen molar-refractivity contribution in [2.24, 2.45) is 5.73 Å². The number of benzene rings is 1. The Morgan fingerprint density at radius 2 is 2.00 bits per heavy atom. The minimum absolute atomic E-state index is 0.0370. The van der Waals surface area contributed by atoms with Crippen molar-refractivity contribution in [3.63, 3.8) is 0 Å². The van der Waals surface area contributed by atoms with Crippen molar-refractivity contribution in [3.8, 4) is 5.75 Å². The van der Waals surface area contributed by atoms with E-state index in [0.29, 0.717) is 0 Å². The van der Waals surface area contributed by atoms with Crippen molar-refractivity contribution in [2.45, 2.75) is 24.7 Å². The zero-order valence-electron chi connectivity index (χ0n) is 12.1. The predicted octanol–water partition coefficient (Wildman–Crippen LogP) is 0.924. The molecule has 0 radical (unpaired) electrons. The lowest BCUT2D eigenvalue weighted by molar-refractivity contribution is -0.118. The average molecular weight is 300 g/mol. The molecule has 0 aliphatic carbocycles. The van der Waals surface area contributed by atoms with E-state index < -0.39 is 15.9 Å². The van der Waals surface area contributed by atoms with Crippen LogP contribution in [0.3, 0.4) is 0 Å². The van der Waals surface area contributed by atoms with Crippen LogP contribution in [-0.2, 0) is 14.8 Å². The molecule has 0 saturated heterocycles. The Hall–Kier alpha value is -1.60. The third kappa shape index (κ3) is 3.49. The van der Waals surface area contributed by atoms with Crippen LogP contribution < -0.4 is 10.5 Å². The number of ether oxygens (including phenoxy) is 1. The van der Waals surface area contributed by atoms with Crippen molar-refractivity contribution in [2.75, 3.05) is 20.7 Å². The summed E-state index contributed by atoms with van der Waals surface area (Å²) in [6.07, 6.45) is 0. The molecule has 0 aliphatic heterocycles. The molecule has 0 bridgehead atoms. The number of nitrogens with zero attached hydrogens (tertiary/aromatic N) is 1. The summed E-state index contributed by atoms with van der Waals surface area (Å²) in [7, 11) is -1.12. The number of hydrogen-bond acceptors (Lipinski definition) is 4. The highest BCUT2D eigenvalue weighted by molar-refractivity contribution is 7.89. The van der Waals surface area contributed by atoms with Gasteiger partial charge in [-0.25, -0.2) is 8.42 Å². The monoisotopic (exact) mass is 300 g/mol. The summed E-state index contributed by atoms with van der Waals surface area (Å²) in [5.41, 5.74) is 5.91. The molecule has 20 heavy (non-hydrogen) atoms. The Morgan fingerprint density at radius 1 is 1.40 bits per heavy atom. The Morgan fingerprint density at radius 3 is 2.45 bits per heavy atom. The number of carbonyl (C=O) groups is 1. The van der Waals surface area contributed by atoms with Crippen LogP contribution in [0, 0.1) is 0 Å². The lowest BCUT2D eigenvalue weighted by Crippen LogP contribution is -2.35. The van der Waals surface area contributed by atoms with E-state index in [4.69, 9.17) is 10.5 Å². The molecule has 0 heterocycles. The first-order chi connectivity index (χ1) is 9.20. The van der Waals surface area contributed by atoms with Gasteiger partial charge in [-0.1, -0.05) is 19.9 Å². The highest BCUT2D eigenvalue weighted by Gasteiger charge is 2.26. The van der Waals surface area contributed by atoms with Crippen LogP contribution in [0.25, 0.3) is 0 Å². The minimum atomic E-state index is -3.83. The third-order valence-electron chi connectivity index (χ3n) is 2.92. The van der Waals surface area contributed by atoms with E-state index in [1.54, 1.807) is 12.1 Å². The Labute approximate surface area is 119 Å². The smallest absolute Gasteiger partial charge is 0.246 e. The highest BCUT2D eigenvalue weighted by atomic mass is 32.2. The number of hydrogen-bond donors (Lipinski definition) is 1. The molecular formula is C13H20N2O4S. The molecule has 112 valence electrons. The number of nitrogens with two attached hydrogens (primary N) is 1. The topological polar surface area (TPSA) is 89.7 Å². The summed E-state index contributed by atoms with van der Waals surface area (Å²) < 4.78 is 30.9. The fourth-order valence-corrected chi connectivity index (χ4v) is 3.05. The lowest BCUT2D eigenvalue weighted by atomic mass is 10.0. The van der Waals surface area contributed by atoms with Gasteiger partial charge in [-0.05, 0) is 23.6 Å². The van der Waals surface area contributed by atoms with Gasteiger partial charge in [0.05, 0.1) is 13.7 Å². The largest absolute Gasteiger partial charge is 0.495 e. The van der Waals surface area contributed by atoms with Gasteiger partial charge < -0.3 is 10.5 Å². The molecule has 6 nitrogen and oxygen atoms in total. The number of likely N-dealkylation sites (N-methyl/N-ethyl adjacent to an activating group) is 1. The van der Waals surface area contributed by atoms with Crippen LogP contribution in [0.2, 0.25) is 0 Å². The molecule has 1 aromatic carbocycles. The van der Waals surface area contributed by atoms with Gasteiger partial charge in [0.25, 0.3) is 0 Å². The van der Waals surface area contributed by atoms with Crippen LogP contribution in [0.15, 0.2) is 23.1 Å². The maximum atomic E-state index is 12.5. The lowest BCUT2D eigenvalue weighted by Gasteiger charge is -2.18. The number of rotatable bonds is 6. The first-order valence-corrected chi connectivity index (χ1v) is 7.56. The summed E-state index contributed by atoms with van der Waals surface area (Å²) in [6, 6.07) is 4.99. The summed E-state index contributed by atoms with van der Waals surface area (Å²) in [4.78, 5) is 10.9. The van der Waals surface area contributed by atoms with Gasteiger partial charge in [0.15, 0.2) is 0 Å². The second kappa shape index (κ2) is 6.23. The molecule has 1 aromatic rings. The molecule has 0 unspecified atom stereocenters. The second-order valence-corrected chi connectivity index (χ2v) is 6.81. The fourth-order valence-electron chi connectivity index (χ4n) is 1.73. The first kappa shape index (κ1) is 16.5. The minimum Gasteiger partial charge on any atom is -0.495 e. The van der Waals surface area contributed by atoms with E-state index in [-0.39, 0.29) is 23.1 Å². The SMILES string of the molecule is COc1ccc(C(C)C)cc1S(=O)(=O)N(C)CC(N)=O. The zero-order valence-corrected chi connectivity index (χ0v) is 12.9. The predicted molar refractivity (Wildman–Crippen MR) is 76.1 cm³/mol. The fraction of sp³-hybridized carbons (Fsp3) is 0.462. The number of methoxy groups -OCH3 is 1. The van der Waals surface area contributed by atoms with Gasteiger partial charge in [0.1, 0.15) is 10.6 Å². The second-order valence-electron chi connectivity index (χ2n) is 4.79. The molecule has 0 fully saturated rings. The Kier molecular flexibility index (Phi) is 5.13. The highest BCUT2D eigenvalue weighted by Crippen LogP contribution is 2.29. The molecule has 7 heteroatoms. The normalized spacial score (nSPS) is 11.9. The van der Waals surface area contributed by atoms with Crippen molar-refractivity contribution in [1.82, 2.24) is 4.31 Å². The summed E-state index contributed by atoms with van der Waals surface area (Å²) in [5, 5.41) is 0. The maximum Gasteiger partial charge on any atom is 0.246 e. The zero-order chi connectivity index (χ0) is 15.5. The van der Waals surface area contributed by atoms with Gasteiger partial charge >= 0.3 is 0 Å². The van der Waals surface area contributed by atoms with Crippen LogP contribution in [-0.4, -0.2) is 39.3 Å². The molecule has 2 N–H and O–H groups in total. The van der Waals surface area contributed by atoms with Crippen molar-refractivity contribution >= 4 is 15.9 Å². The molecule has 1 amide bonds. The third-order valence-corrected chi connectivity index (χ3v) is 4.75. The van der Waals surface area contributed by atoms with Gasteiger partial charge in [-0.2, -0.15) is 4.31 Å². The van der Waals surface area contributed by atoms with E-state index in [2.05, 4.69) is 0 Å². The van der Waals surface area contributed by atoms with Crippen LogP contribution in [0.5, 0.6) is 5.75 Å². The Bertz CT molecular complexity index is 596. The summed E-state index contributed by atoms with van der Waals surface area (Å²) in [5.74, 6) is -0.294. The summed E-state index contributed by atoms with van der Waals surface area (Å²) in [6.45, 7) is 3.55. The summed E-state index contributed by atoms with van der Waals surface area (Å²) >= 11 is 0. The Balaban J connectivity index is 3.35. The number of amides is 1. The van der Waals surface area contributed by atoms with Crippen molar-refractivity contribution in [1.29, 1.82) is 0 Å². The van der Waals surface area contributed by atoms with E-state index in [0.717, 1.165) is 9.87 Å². The average Bonchev–Trinajstić information content (AvgIpc) is 2.36. The molecule has 1 rings (SSSR count). The van der Waals surface area contributed by atoms with Crippen LogP contribution in [0.4, 0.5) is 0 Å². The van der Waals surface area contributed by atoms with E-state index in [9.17, 15) is 13.2 Å². The molecular weight excluding hydrogens is 280 g/mol. The number of carbonyl (C=O) groups excluding carboxylic acids is 1. The van der Waals surface area contributed by atoms with E-state index in [1.807, 2.05) is 19.9 Å². The van der Waals surface area contributed by atoms with E-state index >= 15 is 0 Å². The number of sulfonamides is 1. The quantitative estimate of drug-likeness (QED) is 0.846. The van der Waals surface area contributed by atoms with E-state index in [1.165, 1.54) is 14.2 Å².